The van der Waals surface area contributed by atoms with E-state index in [-0.39, 0.29) is 23.8 Å². The molecule has 2 N–H and O–H groups in total. The summed E-state index contributed by atoms with van der Waals surface area (Å²) in [4.78, 5) is 28.1. The van der Waals surface area contributed by atoms with Gasteiger partial charge in [-0.3, -0.25) is 9.59 Å². The molecule has 0 aliphatic heterocycles. The van der Waals surface area contributed by atoms with E-state index >= 15 is 0 Å². The van der Waals surface area contributed by atoms with E-state index in [4.69, 9.17) is 0 Å². The quantitative estimate of drug-likeness (QED) is 0.649. The summed E-state index contributed by atoms with van der Waals surface area (Å²) in [5, 5.41) is 7.47. The first-order valence-electron chi connectivity index (χ1n) is 10.3. The normalized spacial score (nSPS) is 13.6. The van der Waals surface area contributed by atoms with Crippen molar-refractivity contribution in [3.05, 3.63) is 80.3 Å². The van der Waals surface area contributed by atoms with Crippen molar-refractivity contribution >= 4 is 5.91 Å². The highest BCUT2D eigenvalue weighted by atomic mass is 19.1. The number of fused-ring (bicyclic) bond motifs is 1. The number of pyridine rings is 1. The number of halogens is 1. The molecule has 156 valence electrons. The Labute approximate surface area is 174 Å². The molecule has 1 aliphatic rings. The molecule has 0 atom stereocenters. The van der Waals surface area contributed by atoms with E-state index in [0.29, 0.717) is 11.3 Å². The molecule has 1 aromatic carbocycles. The molecule has 2 aromatic heterocycles. The topological polar surface area (TPSA) is 79.8 Å². The van der Waals surface area contributed by atoms with Gasteiger partial charge in [-0.25, -0.2) is 9.07 Å². The predicted octanol–water partition coefficient (Wildman–Crippen LogP) is 3.52. The number of rotatable bonds is 4. The summed E-state index contributed by atoms with van der Waals surface area (Å²) in [6.45, 7) is 3.82. The number of aryl methyl sites for hydroxylation is 2. The molecule has 0 fully saturated rings. The van der Waals surface area contributed by atoms with Crippen molar-refractivity contribution in [2.75, 3.05) is 0 Å². The maximum Gasteiger partial charge on any atom is 0.272 e. The molecule has 1 aliphatic carbocycles. The van der Waals surface area contributed by atoms with Gasteiger partial charge >= 0.3 is 0 Å². The molecule has 1 amide bonds. The summed E-state index contributed by atoms with van der Waals surface area (Å²) in [6.07, 6.45) is 4.72. The third-order valence-corrected chi connectivity index (χ3v) is 5.64. The van der Waals surface area contributed by atoms with Crippen molar-refractivity contribution in [2.24, 2.45) is 0 Å². The molecule has 0 saturated heterocycles. The fourth-order valence-electron chi connectivity index (χ4n) is 4.11. The van der Waals surface area contributed by atoms with Crippen LogP contribution in [0.5, 0.6) is 0 Å². The lowest BCUT2D eigenvalue weighted by molar-refractivity contribution is 0.0944. The number of benzene rings is 1. The number of nitrogens with one attached hydrogen (secondary N) is 2. The van der Waals surface area contributed by atoms with Crippen molar-refractivity contribution in [1.82, 2.24) is 20.1 Å². The first kappa shape index (κ1) is 20.1. The van der Waals surface area contributed by atoms with E-state index in [2.05, 4.69) is 15.4 Å². The molecule has 0 unspecified atom stereocenters. The van der Waals surface area contributed by atoms with Crippen LogP contribution in [0.25, 0.3) is 5.69 Å². The number of aromatic nitrogens is 3. The molecular formula is C23H25FN4O2. The molecule has 0 radical (unpaired) electrons. The third kappa shape index (κ3) is 3.92. The first-order valence-corrected chi connectivity index (χ1v) is 10.3. The standard InChI is InChI=1S/C23H25FN4O2/c1-14-12-15(2)26-22(29)19(14)13-25-23(30)21-18-6-4-3-5-7-20(18)28(27-21)17-10-8-16(24)9-11-17/h8-12H,3-7,13H2,1-2H3,(H,25,30)(H,26,29). The largest absolute Gasteiger partial charge is 0.346 e. The molecule has 0 saturated carbocycles. The minimum absolute atomic E-state index is 0.137. The molecular weight excluding hydrogens is 383 g/mol. The van der Waals surface area contributed by atoms with Crippen LogP contribution >= 0.6 is 0 Å². The Bertz CT molecular complexity index is 1150. The van der Waals surface area contributed by atoms with Crippen LogP contribution in [0.15, 0.2) is 35.1 Å². The van der Waals surface area contributed by atoms with Crippen molar-refractivity contribution < 1.29 is 9.18 Å². The number of nitrogens with zero attached hydrogens (tertiary/aromatic N) is 2. The molecule has 2 heterocycles. The summed E-state index contributed by atoms with van der Waals surface area (Å²) in [6, 6.07) is 8.02. The van der Waals surface area contributed by atoms with Crippen LogP contribution in [0.1, 0.15) is 57.8 Å². The average Bonchev–Trinajstić information content (AvgIpc) is 2.89. The summed E-state index contributed by atoms with van der Waals surface area (Å²) in [5.74, 6) is -0.609. The maximum absolute atomic E-state index is 13.4. The Hall–Kier alpha value is -3.22. The van der Waals surface area contributed by atoms with Crippen molar-refractivity contribution in [2.45, 2.75) is 52.5 Å². The van der Waals surface area contributed by atoms with Crippen LogP contribution in [-0.2, 0) is 19.4 Å². The Balaban J connectivity index is 1.66. The summed E-state index contributed by atoms with van der Waals surface area (Å²) >= 11 is 0. The number of aromatic amines is 1. The fraction of sp³-hybridized carbons (Fsp3) is 0.348. The molecule has 7 heteroatoms. The monoisotopic (exact) mass is 408 g/mol. The van der Waals surface area contributed by atoms with Gasteiger partial charge in [0.25, 0.3) is 11.5 Å². The van der Waals surface area contributed by atoms with E-state index in [0.717, 1.165) is 60.3 Å². The Morgan fingerprint density at radius 1 is 1.17 bits per heavy atom. The van der Waals surface area contributed by atoms with Gasteiger partial charge in [0.15, 0.2) is 5.69 Å². The van der Waals surface area contributed by atoms with Gasteiger partial charge in [0.2, 0.25) is 0 Å². The fourth-order valence-corrected chi connectivity index (χ4v) is 4.11. The molecule has 0 spiro atoms. The van der Waals surface area contributed by atoms with Gasteiger partial charge in [-0.15, -0.1) is 0 Å². The highest BCUT2D eigenvalue weighted by Crippen LogP contribution is 2.26. The average molecular weight is 408 g/mol. The SMILES string of the molecule is Cc1cc(C)c(CNC(=O)c2nn(-c3ccc(F)cc3)c3c2CCCCC3)c(=O)[nH]1. The zero-order valence-electron chi connectivity index (χ0n) is 17.2. The molecule has 0 bridgehead atoms. The number of carbonyl (C=O) groups excluding carboxylic acids is 1. The smallest absolute Gasteiger partial charge is 0.272 e. The minimum atomic E-state index is -0.311. The second kappa shape index (κ2) is 8.26. The van der Waals surface area contributed by atoms with E-state index in [1.54, 1.807) is 16.8 Å². The van der Waals surface area contributed by atoms with Crippen molar-refractivity contribution in [1.29, 1.82) is 0 Å². The van der Waals surface area contributed by atoms with Crippen LogP contribution in [0, 0.1) is 19.7 Å². The van der Waals surface area contributed by atoms with Gasteiger partial charge in [-0.05, 0) is 75.4 Å². The predicted molar refractivity (Wildman–Crippen MR) is 112 cm³/mol. The Kier molecular flexibility index (Phi) is 5.53. The van der Waals surface area contributed by atoms with Crippen LogP contribution in [0.4, 0.5) is 4.39 Å². The Morgan fingerprint density at radius 3 is 2.63 bits per heavy atom. The number of hydrogen-bond donors (Lipinski definition) is 2. The van der Waals surface area contributed by atoms with E-state index in [1.165, 1.54) is 12.1 Å². The zero-order valence-corrected chi connectivity index (χ0v) is 17.2. The second-order valence-electron chi connectivity index (χ2n) is 7.85. The summed E-state index contributed by atoms with van der Waals surface area (Å²) in [7, 11) is 0. The van der Waals surface area contributed by atoms with Gasteiger partial charge in [0, 0.05) is 29.1 Å². The zero-order chi connectivity index (χ0) is 21.3. The van der Waals surface area contributed by atoms with Crippen molar-refractivity contribution in [3.8, 4) is 5.69 Å². The lowest BCUT2D eigenvalue weighted by Gasteiger charge is -2.08. The number of carbonyl (C=O) groups is 1. The van der Waals surface area contributed by atoms with Crippen LogP contribution in [-0.4, -0.2) is 20.7 Å². The highest BCUT2D eigenvalue weighted by Gasteiger charge is 2.25. The Morgan fingerprint density at radius 2 is 1.90 bits per heavy atom. The second-order valence-corrected chi connectivity index (χ2v) is 7.85. The number of hydrogen-bond acceptors (Lipinski definition) is 3. The van der Waals surface area contributed by atoms with Gasteiger partial charge in [0.1, 0.15) is 5.82 Å². The summed E-state index contributed by atoms with van der Waals surface area (Å²) < 4.78 is 15.1. The third-order valence-electron chi connectivity index (χ3n) is 5.64. The number of H-pyrrole nitrogens is 1. The van der Waals surface area contributed by atoms with Crippen LogP contribution in [0.2, 0.25) is 0 Å². The lowest BCUT2D eigenvalue weighted by Crippen LogP contribution is -2.29. The van der Waals surface area contributed by atoms with E-state index in [1.807, 2.05) is 19.9 Å². The molecule has 30 heavy (non-hydrogen) atoms. The first-order chi connectivity index (χ1) is 14.4. The summed E-state index contributed by atoms with van der Waals surface area (Å²) in [5.41, 5.74) is 5.05. The van der Waals surface area contributed by atoms with Gasteiger partial charge < -0.3 is 10.3 Å². The van der Waals surface area contributed by atoms with Crippen molar-refractivity contribution in [3.63, 3.8) is 0 Å². The van der Waals surface area contributed by atoms with Gasteiger partial charge in [-0.2, -0.15) is 5.10 Å². The van der Waals surface area contributed by atoms with E-state index in [9.17, 15) is 14.0 Å². The highest BCUT2D eigenvalue weighted by molar-refractivity contribution is 5.94. The number of amides is 1. The maximum atomic E-state index is 13.4. The van der Waals surface area contributed by atoms with E-state index < -0.39 is 0 Å². The molecule has 4 rings (SSSR count). The molecule has 3 aromatic rings. The minimum Gasteiger partial charge on any atom is -0.346 e. The van der Waals surface area contributed by atoms with Gasteiger partial charge in [0.05, 0.1) is 5.69 Å². The lowest BCUT2D eigenvalue weighted by atomic mass is 10.1. The van der Waals surface area contributed by atoms with Gasteiger partial charge in [-0.1, -0.05) is 6.42 Å². The molecule has 6 nitrogen and oxygen atoms in total. The van der Waals surface area contributed by atoms with Crippen LogP contribution in [0.3, 0.4) is 0 Å². The van der Waals surface area contributed by atoms with Crippen LogP contribution < -0.4 is 10.9 Å².